The van der Waals surface area contributed by atoms with Crippen molar-refractivity contribution in [1.82, 2.24) is 9.88 Å². The summed E-state index contributed by atoms with van der Waals surface area (Å²) in [4.78, 5) is 18.1. The van der Waals surface area contributed by atoms with Gasteiger partial charge in [0.2, 0.25) is 0 Å². The number of aryl methyl sites for hydroxylation is 1. The molecular weight excluding hydrogens is 300 g/mol. The normalized spacial score (nSPS) is 17.5. The van der Waals surface area contributed by atoms with Gasteiger partial charge in [0.1, 0.15) is 0 Å². The summed E-state index contributed by atoms with van der Waals surface area (Å²) in [6, 6.07) is 14.9. The second kappa shape index (κ2) is 7.58. The van der Waals surface area contributed by atoms with E-state index in [0.717, 1.165) is 38.0 Å². The summed E-state index contributed by atoms with van der Waals surface area (Å²) >= 11 is 0. The fourth-order valence-electron chi connectivity index (χ4n) is 3.42. The van der Waals surface area contributed by atoms with Crippen molar-refractivity contribution >= 4 is 5.97 Å². The van der Waals surface area contributed by atoms with Crippen LogP contribution in [-0.2, 0) is 11.2 Å². The number of hydrogen-bond acceptors (Lipinski definition) is 3. The number of aliphatic carboxylic acids is 1. The minimum atomic E-state index is -0.661. The molecule has 1 aromatic carbocycles. The number of hydrogen-bond donors (Lipinski definition) is 1. The van der Waals surface area contributed by atoms with Crippen molar-refractivity contribution < 1.29 is 9.90 Å². The van der Waals surface area contributed by atoms with Crippen molar-refractivity contribution in [2.24, 2.45) is 5.92 Å². The predicted molar refractivity (Wildman–Crippen MR) is 93.8 cm³/mol. The first-order chi connectivity index (χ1) is 11.6. The van der Waals surface area contributed by atoms with E-state index in [-0.39, 0.29) is 12.0 Å². The van der Waals surface area contributed by atoms with Crippen LogP contribution in [-0.4, -0.2) is 34.0 Å². The van der Waals surface area contributed by atoms with E-state index < -0.39 is 5.97 Å². The Morgan fingerprint density at radius 3 is 2.50 bits per heavy atom. The van der Waals surface area contributed by atoms with Crippen LogP contribution < -0.4 is 0 Å². The molecule has 0 spiro atoms. The largest absolute Gasteiger partial charge is 0.481 e. The summed E-state index contributed by atoms with van der Waals surface area (Å²) in [5, 5.41) is 9.22. The molecule has 1 unspecified atom stereocenters. The number of likely N-dealkylation sites (tertiary alicyclic amines) is 1. The third-order valence-electron chi connectivity index (χ3n) is 4.91. The molecule has 2 aromatic rings. The van der Waals surface area contributed by atoms with E-state index in [1.165, 1.54) is 11.1 Å². The van der Waals surface area contributed by atoms with Crippen LogP contribution >= 0.6 is 0 Å². The second-order valence-corrected chi connectivity index (χ2v) is 6.60. The SMILES string of the molecule is Cc1ccc(C(Cc2ccccn2)N2CCC(C(=O)O)CC2)cc1. The van der Waals surface area contributed by atoms with Gasteiger partial charge in [-0.2, -0.15) is 0 Å². The molecule has 1 saturated heterocycles. The number of carbonyl (C=O) groups is 1. The Morgan fingerprint density at radius 2 is 1.92 bits per heavy atom. The Kier molecular flexibility index (Phi) is 5.26. The van der Waals surface area contributed by atoms with Crippen LogP contribution in [0.4, 0.5) is 0 Å². The molecular formula is C20H24N2O2. The highest BCUT2D eigenvalue weighted by molar-refractivity contribution is 5.70. The maximum Gasteiger partial charge on any atom is 0.306 e. The number of carboxylic acids is 1. The lowest BCUT2D eigenvalue weighted by Gasteiger charge is -2.36. The molecule has 1 fully saturated rings. The smallest absolute Gasteiger partial charge is 0.306 e. The highest BCUT2D eigenvalue weighted by Gasteiger charge is 2.29. The van der Waals surface area contributed by atoms with Gasteiger partial charge in [-0.05, 0) is 50.6 Å². The average molecular weight is 324 g/mol. The first-order valence-corrected chi connectivity index (χ1v) is 8.57. The zero-order valence-corrected chi connectivity index (χ0v) is 14.1. The fraction of sp³-hybridized carbons (Fsp3) is 0.400. The molecule has 4 heteroatoms. The van der Waals surface area contributed by atoms with E-state index >= 15 is 0 Å². The van der Waals surface area contributed by atoms with Crippen LogP contribution in [0.25, 0.3) is 0 Å². The monoisotopic (exact) mass is 324 g/mol. The first-order valence-electron chi connectivity index (χ1n) is 8.57. The summed E-state index contributed by atoms with van der Waals surface area (Å²) in [5.74, 6) is -0.860. The van der Waals surface area contributed by atoms with Crippen molar-refractivity contribution in [3.63, 3.8) is 0 Å². The molecule has 0 bridgehead atoms. The Bertz CT molecular complexity index is 662. The maximum atomic E-state index is 11.2. The Balaban J connectivity index is 1.79. The Hall–Kier alpha value is -2.20. The van der Waals surface area contributed by atoms with Crippen molar-refractivity contribution in [2.75, 3.05) is 13.1 Å². The number of benzene rings is 1. The Morgan fingerprint density at radius 1 is 1.21 bits per heavy atom. The number of rotatable bonds is 5. The molecule has 0 amide bonds. The Labute approximate surface area is 143 Å². The van der Waals surface area contributed by atoms with Gasteiger partial charge in [-0.15, -0.1) is 0 Å². The van der Waals surface area contributed by atoms with E-state index in [0.29, 0.717) is 0 Å². The molecule has 1 N–H and O–H groups in total. The van der Waals surface area contributed by atoms with Gasteiger partial charge in [0.05, 0.1) is 5.92 Å². The minimum absolute atomic E-state index is 0.199. The lowest BCUT2D eigenvalue weighted by atomic mass is 9.92. The van der Waals surface area contributed by atoms with Gasteiger partial charge in [0, 0.05) is 24.4 Å². The summed E-state index contributed by atoms with van der Waals surface area (Å²) in [7, 11) is 0. The molecule has 126 valence electrons. The molecule has 1 atom stereocenters. The van der Waals surface area contributed by atoms with Crippen LogP contribution in [0.3, 0.4) is 0 Å². The van der Waals surface area contributed by atoms with Gasteiger partial charge in [-0.3, -0.25) is 14.7 Å². The van der Waals surface area contributed by atoms with E-state index in [2.05, 4.69) is 47.1 Å². The van der Waals surface area contributed by atoms with Crippen LogP contribution in [0.2, 0.25) is 0 Å². The van der Waals surface area contributed by atoms with Crippen LogP contribution in [0.5, 0.6) is 0 Å². The predicted octanol–water partition coefficient (Wildman–Crippen LogP) is 3.47. The number of pyridine rings is 1. The van der Waals surface area contributed by atoms with Gasteiger partial charge in [-0.1, -0.05) is 35.9 Å². The van der Waals surface area contributed by atoms with Gasteiger partial charge in [-0.25, -0.2) is 0 Å². The molecule has 2 heterocycles. The second-order valence-electron chi connectivity index (χ2n) is 6.60. The molecule has 1 aliphatic rings. The van der Waals surface area contributed by atoms with Crippen molar-refractivity contribution in [2.45, 2.75) is 32.2 Å². The molecule has 0 saturated carbocycles. The van der Waals surface area contributed by atoms with Crippen molar-refractivity contribution in [3.05, 3.63) is 65.5 Å². The summed E-state index contributed by atoms with van der Waals surface area (Å²) in [6.45, 7) is 3.74. The zero-order chi connectivity index (χ0) is 16.9. The van der Waals surface area contributed by atoms with Crippen LogP contribution in [0.15, 0.2) is 48.7 Å². The molecule has 0 aliphatic carbocycles. The molecule has 4 nitrogen and oxygen atoms in total. The summed E-state index contributed by atoms with van der Waals surface area (Å²) < 4.78 is 0. The van der Waals surface area contributed by atoms with Crippen molar-refractivity contribution in [3.8, 4) is 0 Å². The van der Waals surface area contributed by atoms with Gasteiger partial charge in [0.25, 0.3) is 0 Å². The average Bonchev–Trinajstić information content (AvgIpc) is 2.62. The minimum Gasteiger partial charge on any atom is -0.481 e. The lowest BCUT2D eigenvalue weighted by Crippen LogP contribution is -2.39. The maximum absolute atomic E-state index is 11.2. The van der Waals surface area contributed by atoms with Crippen molar-refractivity contribution in [1.29, 1.82) is 0 Å². The number of nitrogens with zero attached hydrogens (tertiary/aromatic N) is 2. The first kappa shape index (κ1) is 16.7. The molecule has 24 heavy (non-hydrogen) atoms. The standard InChI is InChI=1S/C20H24N2O2/c1-15-5-7-16(8-6-15)19(14-18-4-2-3-11-21-18)22-12-9-17(10-13-22)20(23)24/h2-8,11,17,19H,9-10,12-14H2,1H3,(H,23,24). The third kappa shape index (κ3) is 4.01. The van der Waals surface area contributed by atoms with E-state index in [1.807, 2.05) is 18.3 Å². The number of piperidine rings is 1. The van der Waals surface area contributed by atoms with E-state index in [4.69, 9.17) is 0 Å². The van der Waals surface area contributed by atoms with Gasteiger partial charge in [0.15, 0.2) is 0 Å². The molecule has 3 rings (SSSR count). The highest BCUT2D eigenvalue weighted by Crippen LogP contribution is 2.29. The van der Waals surface area contributed by atoms with Crippen LogP contribution in [0, 0.1) is 12.8 Å². The van der Waals surface area contributed by atoms with E-state index in [1.54, 1.807) is 0 Å². The van der Waals surface area contributed by atoms with Crippen LogP contribution in [0.1, 0.15) is 35.7 Å². The highest BCUT2D eigenvalue weighted by atomic mass is 16.4. The third-order valence-corrected chi connectivity index (χ3v) is 4.91. The quantitative estimate of drug-likeness (QED) is 0.915. The molecule has 1 aliphatic heterocycles. The summed E-state index contributed by atoms with van der Waals surface area (Å²) in [5.41, 5.74) is 3.60. The topological polar surface area (TPSA) is 53.4 Å². The van der Waals surface area contributed by atoms with E-state index in [9.17, 15) is 9.90 Å². The van der Waals surface area contributed by atoms with Gasteiger partial charge < -0.3 is 5.11 Å². The lowest BCUT2D eigenvalue weighted by molar-refractivity contribution is -0.143. The molecule has 0 radical (unpaired) electrons. The number of carboxylic acid groups (broad SMARTS) is 1. The number of aromatic nitrogens is 1. The fourth-order valence-corrected chi connectivity index (χ4v) is 3.42. The zero-order valence-electron chi connectivity index (χ0n) is 14.1. The molecule has 1 aromatic heterocycles. The summed E-state index contributed by atoms with van der Waals surface area (Å²) in [6.07, 6.45) is 4.12. The van der Waals surface area contributed by atoms with Gasteiger partial charge >= 0.3 is 5.97 Å².